The molecule has 0 radical (unpaired) electrons. The number of carbonyl (C=O) groups is 2. The van der Waals surface area contributed by atoms with Crippen molar-refractivity contribution in [2.45, 2.75) is 0 Å². The lowest BCUT2D eigenvalue weighted by Gasteiger charge is -2.34. The molecule has 1 N–H and O–H groups in total. The van der Waals surface area contributed by atoms with Crippen molar-refractivity contribution >= 4 is 29.6 Å². The Balaban J connectivity index is 2.00. The van der Waals surface area contributed by atoms with Crippen molar-refractivity contribution in [1.29, 1.82) is 0 Å². The number of amides is 2. The predicted molar refractivity (Wildman–Crippen MR) is 75.6 cm³/mol. The molecule has 1 aliphatic rings. The van der Waals surface area contributed by atoms with E-state index in [9.17, 15) is 18.4 Å². The summed E-state index contributed by atoms with van der Waals surface area (Å²) in [6, 6.07) is 3.19. The second kappa shape index (κ2) is 6.57. The average Bonchev–Trinajstić information content (AvgIpc) is 2.47. The molecule has 5 nitrogen and oxygen atoms in total. The monoisotopic (exact) mass is 313 g/mol. The van der Waals surface area contributed by atoms with Gasteiger partial charge in [0.25, 0.3) is 5.91 Å². The van der Waals surface area contributed by atoms with E-state index in [2.05, 4.69) is 5.32 Å². The highest BCUT2D eigenvalue weighted by Crippen LogP contribution is 2.12. The first-order valence-electron chi connectivity index (χ1n) is 6.26. The summed E-state index contributed by atoms with van der Waals surface area (Å²) < 4.78 is 27.0. The summed E-state index contributed by atoms with van der Waals surface area (Å²) >= 11 is 5.05. The van der Waals surface area contributed by atoms with Crippen molar-refractivity contribution < 1.29 is 18.4 Å². The lowest BCUT2D eigenvalue weighted by molar-refractivity contribution is -0.119. The van der Waals surface area contributed by atoms with Crippen molar-refractivity contribution in [1.82, 2.24) is 15.1 Å². The molecule has 0 unspecified atom stereocenters. The van der Waals surface area contributed by atoms with Crippen molar-refractivity contribution in [3.05, 3.63) is 35.4 Å². The fraction of sp³-hybridized carbons (Fsp3) is 0.308. The summed E-state index contributed by atoms with van der Waals surface area (Å²) in [5, 5.41) is 2.40. The summed E-state index contributed by atoms with van der Waals surface area (Å²) in [5.41, 5.74) is -0.661. The number of rotatable bonds is 2. The Hall–Kier alpha value is -2.09. The van der Waals surface area contributed by atoms with Crippen LogP contribution in [0.2, 0.25) is 0 Å². The van der Waals surface area contributed by atoms with Crippen LogP contribution in [-0.2, 0) is 4.79 Å². The lowest BCUT2D eigenvalue weighted by atomic mass is 10.2. The first-order chi connectivity index (χ1) is 10.0. The van der Waals surface area contributed by atoms with E-state index in [1.807, 2.05) is 0 Å². The molecular formula is C13H13F2N3O2S. The molecule has 1 fully saturated rings. The van der Waals surface area contributed by atoms with Gasteiger partial charge in [0.05, 0.1) is 0 Å². The molecule has 112 valence electrons. The molecule has 1 aliphatic heterocycles. The smallest absolute Gasteiger partial charge is 0.263 e. The maximum atomic E-state index is 13.5. The quantitative estimate of drug-likeness (QED) is 0.647. The second-order valence-electron chi connectivity index (χ2n) is 4.48. The predicted octanol–water partition coefficient (Wildman–Crippen LogP) is 0.753. The molecular weight excluding hydrogens is 300 g/mol. The molecule has 2 amide bonds. The molecule has 1 aromatic carbocycles. The summed E-state index contributed by atoms with van der Waals surface area (Å²) in [6.07, 6.45) is 0.744. The molecule has 2 rings (SSSR count). The number of thiocarbonyl (C=S) groups is 1. The van der Waals surface area contributed by atoms with Crippen LogP contribution in [0.3, 0.4) is 0 Å². The number of benzene rings is 1. The molecule has 0 aliphatic carbocycles. The highest BCUT2D eigenvalue weighted by Gasteiger charge is 2.22. The third-order valence-electron chi connectivity index (χ3n) is 3.16. The van der Waals surface area contributed by atoms with E-state index in [4.69, 9.17) is 12.2 Å². The number of hydrogen-bond acceptors (Lipinski definition) is 3. The van der Waals surface area contributed by atoms with E-state index in [1.54, 1.807) is 9.80 Å². The highest BCUT2D eigenvalue weighted by atomic mass is 32.1. The highest BCUT2D eigenvalue weighted by molar-refractivity contribution is 7.80. The Bertz CT molecular complexity index is 554. The van der Waals surface area contributed by atoms with Crippen molar-refractivity contribution in [2.24, 2.45) is 0 Å². The van der Waals surface area contributed by atoms with Gasteiger partial charge in [-0.25, -0.2) is 8.78 Å². The third kappa shape index (κ3) is 3.52. The lowest BCUT2D eigenvalue weighted by Crippen LogP contribution is -2.52. The van der Waals surface area contributed by atoms with Gasteiger partial charge in [0.1, 0.15) is 17.2 Å². The molecule has 1 saturated heterocycles. The molecule has 0 atom stereocenters. The SMILES string of the molecule is O=CN1CCN(C(=S)NC(=O)c2c(F)cccc2F)CC1. The zero-order valence-electron chi connectivity index (χ0n) is 11.0. The van der Waals surface area contributed by atoms with Crippen LogP contribution in [0, 0.1) is 11.6 Å². The fourth-order valence-corrected chi connectivity index (χ4v) is 2.26. The van der Waals surface area contributed by atoms with Gasteiger partial charge in [0, 0.05) is 26.2 Å². The van der Waals surface area contributed by atoms with Crippen LogP contribution in [0.4, 0.5) is 8.78 Å². The molecule has 1 aromatic rings. The van der Waals surface area contributed by atoms with Crippen molar-refractivity contribution in [3.8, 4) is 0 Å². The number of halogens is 2. The minimum atomic E-state index is -0.943. The molecule has 0 bridgehead atoms. The van der Waals surface area contributed by atoms with Gasteiger partial charge in [-0.3, -0.25) is 14.9 Å². The van der Waals surface area contributed by atoms with Gasteiger partial charge in [0.2, 0.25) is 6.41 Å². The van der Waals surface area contributed by atoms with Gasteiger partial charge in [-0.15, -0.1) is 0 Å². The first-order valence-corrected chi connectivity index (χ1v) is 6.67. The summed E-state index contributed by atoms with van der Waals surface area (Å²) in [6.45, 7) is 1.87. The van der Waals surface area contributed by atoms with Gasteiger partial charge in [0.15, 0.2) is 5.11 Å². The van der Waals surface area contributed by atoms with Gasteiger partial charge < -0.3 is 9.80 Å². The topological polar surface area (TPSA) is 52.7 Å². The van der Waals surface area contributed by atoms with Crippen molar-refractivity contribution in [2.75, 3.05) is 26.2 Å². The first kappa shape index (κ1) is 15.3. The van der Waals surface area contributed by atoms with E-state index in [1.165, 1.54) is 6.07 Å². The van der Waals surface area contributed by atoms with Crippen LogP contribution in [0.15, 0.2) is 18.2 Å². The fourth-order valence-electron chi connectivity index (χ4n) is 1.98. The molecule has 0 spiro atoms. The Morgan fingerprint density at radius 2 is 1.76 bits per heavy atom. The molecule has 0 aromatic heterocycles. The molecule has 0 saturated carbocycles. The van der Waals surface area contributed by atoms with Gasteiger partial charge in [-0.05, 0) is 24.4 Å². The number of piperazine rings is 1. The Kier molecular flexibility index (Phi) is 4.79. The minimum Gasteiger partial charge on any atom is -0.345 e. The molecule has 8 heteroatoms. The van der Waals surface area contributed by atoms with Crippen LogP contribution in [-0.4, -0.2) is 53.4 Å². The minimum absolute atomic E-state index is 0.0909. The molecule has 1 heterocycles. The maximum absolute atomic E-state index is 13.5. The summed E-state index contributed by atoms with van der Waals surface area (Å²) in [5.74, 6) is -2.81. The van der Waals surface area contributed by atoms with E-state index < -0.39 is 23.1 Å². The zero-order valence-corrected chi connectivity index (χ0v) is 11.8. The standard InChI is InChI=1S/C13H13F2N3O2S/c14-9-2-1-3-10(15)11(9)12(20)16-13(21)18-6-4-17(8-19)5-7-18/h1-3,8H,4-7H2,(H,16,20,21). The van der Waals surface area contributed by atoms with Gasteiger partial charge in [-0.1, -0.05) is 6.07 Å². The third-order valence-corrected chi connectivity index (χ3v) is 3.52. The zero-order chi connectivity index (χ0) is 15.4. The largest absolute Gasteiger partial charge is 0.345 e. The van der Waals surface area contributed by atoms with Crippen molar-refractivity contribution in [3.63, 3.8) is 0 Å². The number of nitrogens with one attached hydrogen (secondary N) is 1. The molecule has 21 heavy (non-hydrogen) atoms. The van der Waals surface area contributed by atoms with Gasteiger partial charge in [-0.2, -0.15) is 0 Å². The maximum Gasteiger partial charge on any atom is 0.263 e. The van der Waals surface area contributed by atoms with Crippen LogP contribution >= 0.6 is 12.2 Å². The van der Waals surface area contributed by atoms with Gasteiger partial charge >= 0.3 is 0 Å². The van der Waals surface area contributed by atoms with E-state index in [0.717, 1.165) is 18.5 Å². The van der Waals surface area contributed by atoms with E-state index in [-0.39, 0.29) is 5.11 Å². The Morgan fingerprint density at radius 1 is 1.19 bits per heavy atom. The number of carbonyl (C=O) groups excluding carboxylic acids is 2. The number of hydrogen-bond donors (Lipinski definition) is 1. The van der Waals surface area contributed by atoms with Crippen LogP contribution in [0.1, 0.15) is 10.4 Å². The Labute approximate surface area is 125 Å². The summed E-state index contributed by atoms with van der Waals surface area (Å²) in [7, 11) is 0. The summed E-state index contributed by atoms with van der Waals surface area (Å²) in [4.78, 5) is 25.7. The Morgan fingerprint density at radius 3 is 2.29 bits per heavy atom. The average molecular weight is 313 g/mol. The normalized spacial score (nSPS) is 14.8. The second-order valence-corrected chi connectivity index (χ2v) is 4.87. The van der Waals surface area contributed by atoms with E-state index >= 15 is 0 Å². The van der Waals surface area contributed by atoms with E-state index in [0.29, 0.717) is 26.2 Å². The number of nitrogens with zero attached hydrogens (tertiary/aromatic N) is 2. The van der Waals surface area contributed by atoms with Crippen LogP contribution in [0.5, 0.6) is 0 Å². The van der Waals surface area contributed by atoms with Crippen LogP contribution in [0.25, 0.3) is 0 Å². The van der Waals surface area contributed by atoms with Crippen LogP contribution < -0.4 is 5.32 Å².